The van der Waals surface area contributed by atoms with Gasteiger partial charge in [0.2, 0.25) is 15.9 Å². The number of benzene rings is 2. The first-order valence-electron chi connectivity index (χ1n) is 11.2. The van der Waals surface area contributed by atoms with Crippen LogP contribution in [0.25, 0.3) is 10.9 Å². The van der Waals surface area contributed by atoms with E-state index in [1.54, 1.807) is 12.3 Å². The normalized spacial score (nSPS) is 15.2. The number of fused-ring (bicyclic) bond motifs is 1. The molecule has 0 aliphatic carbocycles. The van der Waals surface area contributed by atoms with E-state index in [-0.39, 0.29) is 34.8 Å². The van der Waals surface area contributed by atoms with E-state index >= 15 is 0 Å². The van der Waals surface area contributed by atoms with Gasteiger partial charge in [-0.2, -0.15) is 4.31 Å². The Hall–Kier alpha value is -2.59. The number of carbonyl (C=O) groups is 1. The Balaban J connectivity index is 1.26. The van der Waals surface area contributed by atoms with Gasteiger partial charge in [0, 0.05) is 54.4 Å². The molecular weight excluding hydrogens is 511 g/mol. The Kier molecular flexibility index (Phi) is 8.01. The molecule has 1 fully saturated rings. The number of methoxy groups -OCH3 is 1. The third-order valence-electron chi connectivity index (χ3n) is 6.03. The number of rotatable bonds is 8. The Bertz CT molecular complexity index is 1330. The van der Waals surface area contributed by atoms with Crippen molar-refractivity contribution >= 4 is 55.7 Å². The first-order valence-corrected chi connectivity index (χ1v) is 13.4. The topological polar surface area (TPSA) is 101 Å². The molecule has 8 nitrogen and oxygen atoms in total. The monoisotopic (exact) mass is 536 g/mol. The first-order chi connectivity index (χ1) is 16.8. The van der Waals surface area contributed by atoms with Crippen LogP contribution in [0, 0.1) is 5.92 Å². The van der Waals surface area contributed by atoms with E-state index in [0.717, 1.165) is 16.6 Å². The number of sulfonamides is 1. The van der Waals surface area contributed by atoms with Crippen molar-refractivity contribution in [2.75, 3.05) is 38.6 Å². The van der Waals surface area contributed by atoms with Crippen molar-refractivity contribution in [3.8, 4) is 5.75 Å². The summed E-state index contributed by atoms with van der Waals surface area (Å²) >= 11 is 12.1. The molecule has 0 radical (unpaired) electrons. The van der Waals surface area contributed by atoms with Crippen molar-refractivity contribution in [1.82, 2.24) is 14.6 Å². The summed E-state index contributed by atoms with van der Waals surface area (Å²) in [4.78, 5) is 17.1. The summed E-state index contributed by atoms with van der Waals surface area (Å²) in [6, 6.07) is 11.8. The molecule has 0 bridgehead atoms. The summed E-state index contributed by atoms with van der Waals surface area (Å²) in [5.74, 6) is 0.115. The molecule has 1 aliphatic rings. The molecule has 0 spiro atoms. The van der Waals surface area contributed by atoms with E-state index < -0.39 is 10.0 Å². The van der Waals surface area contributed by atoms with Crippen LogP contribution in [0.5, 0.6) is 5.75 Å². The van der Waals surface area contributed by atoms with Gasteiger partial charge in [-0.05, 0) is 55.3 Å². The number of carbonyl (C=O) groups excluding carboxylic acids is 1. The molecule has 2 heterocycles. The van der Waals surface area contributed by atoms with Crippen LogP contribution in [-0.4, -0.2) is 56.9 Å². The van der Waals surface area contributed by atoms with E-state index in [4.69, 9.17) is 27.9 Å². The lowest BCUT2D eigenvalue weighted by Crippen LogP contribution is -2.43. The zero-order valence-corrected chi connectivity index (χ0v) is 21.5. The fourth-order valence-electron chi connectivity index (χ4n) is 4.12. The molecule has 3 aromatic rings. The zero-order valence-electron chi connectivity index (χ0n) is 19.1. The second kappa shape index (κ2) is 11.0. The largest absolute Gasteiger partial charge is 0.495 e. The standard InChI is InChI=1S/C24H26Cl2N4O4S/c1-34-23-5-3-18(15-20(23)26)35(32,33)30-12-7-16(8-13-30)24(31)29-11-10-28-21-6-9-27-22-14-17(25)2-4-19(21)22/h2-6,9,14-16H,7-8,10-13H2,1H3,(H,27,28)(H,29,31). The minimum atomic E-state index is -3.69. The highest BCUT2D eigenvalue weighted by atomic mass is 35.5. The highest BCUT2D eigenvalue weighted by Gasteiger charge is 2.32. The van der Waals surface area contributed by atoms with Crippen molar-refractivity contribution in [3.05, 3.63) is 58.7 Å². The maximum Gasteiger partial charge on any atom is 0.243 e. The predicted molar refractivity (Wildman–Crippen MR) is 138 cm³/mol. The maximum atomic E-state index is 13.0. The van der Waals surface area contributed by atoms with Gasteiger partial charge < -0.3 is 15.4 Å². The van der Waals surface area contributed by atoms with Crippen LogP contribution in [0.4, 0.5) is 5.69 Å². The Morgan fingerprint density at radius 1 is 1.11 bits per heavy atom. The lowest BCUT2D eigenvalue weighted by Gasteiger charge is -2.30. The molecule has 11 heteroatoms. The summed E-state index contributed by atoms with van der Waals surface area (Å²) in [6.07, 6.45) is 2.62. The van der Waals surface area contributed by atoms with Gasteiger partial charge in [-0.3, -0.25) is 9.78 Å². The molecule has 1 aliphatic heterocycles. The fourth-order valence-corrected chi connectivity index (χ4v) is 6.10. The number of anilines is 1. The van der Waals surface area contributed by atoms with E-state index in [1.807, 2.05) is 18.2 Å². The van der Waals surface area contributed by atoms with Gasteiger partial charge in [0.15, 0.2) is 0 Å². The van der Waals surface area contributed by atoms with Gasteiger partial charge in [0.05, 0.1) is 22.5 Å². The van der Waals surface area contributed by atoms with Crippen molar-refractivity contribution < 1.29 is 17.9 Å². The molecular formula is C24H26Cl2N4O4S. The molecule has 1 saturated heterocycles. The highest BCUT2D eigenvalue weighted by molar-refractivity contribution is 7.89. The van der Waals surface area contributed by atoms with Gasteiger partial charge in [-0.25, -0.2) is 8.42 Å². The molecule has 0 atom stereocenters. The highest BCUT2D eigenvalue weighted by Crippen LogP contribution is 2.30. The molecule has 1 aromatic heterocycles. The van der Waals surface area contributed by atoms with Crippen LogP contribution in [0.3, 0.4) is 0 Å². The number of amides is 1. The van der Waals surface area contributed by atoms with Gasteiger partial charge in [-0.15, -0.1) is 0 Å². The lowest BCUT2D eigenvalue weighted by atomic mass is 9.97. The van der Waals surface area contributed by atoms with Gasteiger partial charge in [0.25, 0.3) is 0 Å². The third kappa shape index (κ3) is 5.81. The van der Waals surface area contributed by atoms with Crippen LogP contribution in [0.1, 0.15) is 12.8 Å². The lowest BCUT2D eigenvalue weighted by molar-refractivity contribution is -0.126. The van der Waals surface area contributed by atoms with Gasteiger partial charge in [-0.1, -0.05) is 23.2 Å². The average molecular weight is 537 g/mol. The molecule has 0 saturated carbocycles. The fraction of sp³-hybridized carbons (Fsp3) is 0.333. The number of hydrogen-bond donors (Lipinski definition) is 2. The average Bonchev–Trinajstić information content (AvgIpc) is 2.86. The van der Waals surface area contributed by atoms with Crippen molar-refractivity contribution in [1.29, 1.82) is 0 Å². The Morgan fingerprint density at radius 2 is 1.89 bits per heavy atom. The summed E-state index contributed by atoms with van der Waals surface area (Å²) in [5, 5.41) is 8.08. The minimum absolute atomic E-state index is 0.0669. The van der Waals surface area contributed by atoms with Crippen LogP contribution in [0.2, 0.25) is 10.0 Å². The first kappa shape index (κ1) is 25.5. The second-order valence-electron chi connectivity index (χ2n) is 8.21. The predicted octanol–water partition coefficient (Wildman–Crippen LogP) is 4.18. The number of piperidine rings is 1. The van der Waals surface area contributed by atoms with Gasteiger partial charge in [0.1, 0.15) is 5.75 Å². The summed E-state index contributed by atoms with van der Waals surface area (Å²) in [5.41, 5.74) is 1.71. The molecule has 2 aromatic carbocycles. The van der Waals surface area contributed by atoms with Crippen LogP contribution < -0.4 is 15.4 Å². The Morgan fingerprint density at radius 3 is 2.60 bits per heavy atom. The number of hydrogen-bond acceptors (Lipinski definition) is 6. The van der Waals surface area contributed by atoms with Crippen LogP contribution in [0.15, 0.2) is 53.6 Å². The minimum Gasteiger partial charge on any atom is -0.495 e. The van der Waals surface area contributed by atoms with Crippen LogP contribution >= 0.6 is 23.2 Å². The SMILES string of the molecule is COc1ccc(S(=O)(=O)N2CCC(C(=O)NCCNc3ccnc4cc(Cl)ccc34)CC2)cc1Cl. The Labute approximate surface area is 214 Å². The number of aromatic nitrogens is 1. The molecule has 0 unspecified atom stereocenters. The van der Waals surface area contributed by atoms with Crippen molar-refractivity contribution in [2.45, 2.75) is 17.7 Å². The molecule has 2 N–H and O–H groups in total. The van der Waals surface area contributed by atoms with Gasteiger partial charge >= 0.3 is 0 Å². The summed E-state index contributed by atoms with van der Waals surface area (Å²) < 4.78 is 32.4. The van der Waals surface area contributed by atoms with E-state index in [2.05, 4.69) is 15.6 Å². The molecule has 4 rings (SSSR count). The quantitative estimate of drug-likeness (QED) is 0.419. The number of ether oxygens (including phenoxy) is 1. The summed E-state index contributed by atoms with van der Waals surface area (Å²) in [6.45, 7) is 1.53. The number of nitrogens with one attached hydrogen (secondary N) is 2. The number of pyridine rings is 1. The number of nitrogens with zero attached hydrogens (tertiary/aromatic N) is 2. The van der Waals surface area contributed by atoms with Crippen molar-refractivity contribution in [2.24, 2.45) is 5.92 Å². The molecule has 1 amide bonds. The zero-order chi connectivity index (χ0) is 25.0. The second-order valence-corrected chi connectivity index (χ2v) is 11.0. The summed E-state index contributed by atoms with van der Waals surface area (Å²) in [7, 11) is -2.22. The molecule has 186 valence electrons. The number of halogens is 2. The van der Waals surface area contributed by atoms with E-state index in [9.17, 15) is 13.2 Å². The third-order valence-corrected chi connectivity index (χ3v) is 8.46. The molecule has 35 heavy (non-hydrogen) atoms. The maximum absolute atomic E-state index is 13.0. The smallest absolute Gasteiger partial charge is 0.243 e. The van der Waals surface area contributed by atoms with E-state index in [0.29, 0.717) is 36.7 Å². The van der Waals surface area contributed by atoms with E-state index in [1.165, 1.54) is 29.6 Å². The van der Waals surface area contributed by atoms with Crippen LogP contribution in [-0.2, 0) is 14.8 Å². The van der Waals surface area contributed by atoms with Crippen molar-refractivity contribution in [3.63, 3.8) is 0 Å².